The summed E-state index contributed by atoms with van der Waals surface area (Å²) in [5.41, 5.74) is 0.799. The molecule has 0 saturated heterocycles. The van der Waals surface area contributed by atoms with Gasteiger partial charge in [0.15, 0.2) is 10.9 Å². The molecule has 112 valence electrons. The largest absolute Gasteiger partial charge is 0.488 e. The molecule has 0 aliphatic heterocycles. The van der Waals surface area contributed by atoms with Gasteiger partial charge in [0, 0.05) is 30.6 Å². The second-order valence-corrected chi connectivity index (χ2v) is 5.70. The Hall–Kier alpha value is -2.34. The number of Topliss-reactive ketones (excluding diaryl/α,β-unsaturated/α-hetero) is 2. The van der Waals surface area contributed by atoms with E-state index in [1.807, 2.05) is 7.05 Å². The van der Waals surface area contributed by atoms with Crippen molar-refractivity contribution in [2.24, 2.45) is 7.05 Å². The van der Waals surface area contributed by atoms with Crippen molar-refractivity contribution >= 4 is 23.3 Å². The Balaban J connectivity index is 2.11. The Kier molecular flexibility index (Phi) is 3.85. The standard InChI is InChI=1S/C16H14N2O3S/c1-3-21-14-12(19)10-6-4-5-7-11(10)13(20)15(14)22-16-17-8-9-18(16)2/h4-9H,3H2,1-2H3. The summed E-state index contributed by atoms with van der Waals surface area (Å²) < 4.78 is 7.27. The molecule has 0 atom stereocenters. The molecule has 0 unspecified atom stereocenters. The summed E-state index contributed by atoms with van der Waals surface area (Å²) in [7, 11) is 1.83. The number of ether oxygens (including phenoxy) is 1. The van der Waals surface area contributed by atoms with Crippen molar-refractivity contribution in [2.45, 2.75) is 12.1 Å². The average Bonchev–Trinajstić information content (AvgIpc) is 2.93. The fraction of sp³-hybridized carbons (Fsp3) is 0.188. The zero-order valence-corrected chi connectivity index (χ0v) is 13.0. The van der Waals surface area contributed by atoms with Crippen LogP contribution in [0.1, 0.15) is 27.6 Å². The van der Waals surface area contributed by atoms with Gasteiger partial charge < -0.3 is 9.30 Å². The van der Waals surface area contributed by atoms with E-state index in [9.17, 15) is 9.59 Å². The summed E-state index contributed by atoms with van der Waals surface area (Å²) in [5, 5.41) is 0.632. The summed E-state index contributed by atoms with van der Waals surface area (Å²) in [6.45, 7) is 2.11. The molecule has 1 aliphatic carbocycles. The number of fused-ring (bicyclic) bond motifs is 1. The third kappa shape index (κ3) is 2.35. The minimum Gasteiger partial charge on any atom is -0.488 e. The first kappa shape index (κ1) is 14.6. The zero-order chi connectivity index (χ0) is 15.7. The number of rotatable bonds is 4. The first-order valence-electron chi connectivity index (χ1n) is 6.84. The monoisotopic (exact) mass is 314 g/mol. The quantitative estimate of drug-likeness (QED) is 0.868. The molecule has 1 heterocycles. The summed E-state index contributed by atoms with van der Waals surface area (Å²) in [6, 6.07) is 6.80. The average molecular weight is 314 g/mol. The molecular weight excluding hydrogens is 300 g/mol. The van der Waals surface area contributed by atoms with Crippen molar-refractivity contribution in [3.8, 4) is 0 Å². The number of aromatic nitrogens is 2. The van der Waals surface area contributed by atoms with Crippen molar-refractivity contribution in [2.75, 3.05) is 6.61 Å². The molecule has 0 fully saturated rings. The number of allylic oxidation sites excluding steroid dienone is 2. The SMILES string of the molecule is CCOC1=C(Sc2nccn2C)C(=O)c2ccccc2C1=O. The maximum absolute atomic E-state index is 12.7. The van der Waals surface area contributed by atoms with Crippen LogP contribution in [0.25, 0.3) is 0 Å². The van der Waals surface area contributed by atoms with Crippen LogP contribution in [0.15, 0.2) is 52.5 Å². The number of benzene rings is 1. The van der Waals surface area contributed by atoms with Gasteiger partial charge in [0.2, 0.25) is 11.6 Å². The van der Waals surface area contributed by atoms with Gasteiger partial charge in [0.1, 0.15) is 4.91 Å². The minimum absolute atomic E-state index is 0.110. The van der Waals surface area contributed by atoms with E-state index in [4.69, 9.17) is 4.74 Å². The van der Waals surface area contributed by atoms with E-state index < -0.39 is 0 Å². The van der Waals surface area contributed by atoms with Crippen LogP contribution < -0.4 is 0 Å². The number of hydrogen-bond acceptors (Lipinski definition) is 5. The van der Waals surface area contributed by atoms with Crippen molar-refractivity contribution in [1.29, 1.82) is 0 Å². The van der Waals surface area contributed by atoms with Crippen molar-refractivity contribution in [3.63, 3.8) is 0 Å². The molecule has 5 nitrogen and oxygen atoms in total. The molecular formula is C16H14N2O3S. The second-order valence-electron chi connectivity index (χ2n) is 4.72. The minimum atomic E-state index is -0.256. The van der Waals surface area contributed by atoms with E-state index in [0.29, 0.717) is 27.8 Å². The Morgan fingerprint density at radius 1 is 1.18 bits per heavy atom. The molecule has 0 spiro atoms. The summed E-state index contributed by atoms with van der Waals surface area (Å²) in [6.07, 6.45) is 3.43. The molecule has 1 aliphatic rings. The van der Waals surface area contributed by atoms with Crippen LogP contribution in [0.5, 0.6) is 0 Å². The molecule has 1 aromatic carbocycles. The molecule has 0 radical (unpaired) electrons. The molecule has 6 heteroatoms. The van der Waals surface area contributed by atoms with Gasteiger partial charge >= 0.3 is 0 Å². The second kappa shape index (κ2) is 5.81. The van der Waals surface area contributed by atoms with Gasteiger partial charge in [-0.05, 0) is 18.7 Å². The van der Waals surface area contributed by atoms with E-state index >= 15 is 0 Å². The molecule has 1 aromatic heterocycles. The lowest BCUT2D eigenvalue weighted by Gasteiger charge is -2.20. The van der Waals surface area contributed by atoms with E-state index in [-0.39, 0.29) is 17.3 Å². The highest BCUT2D eigenvalue weighted by Crippen LogP contribution is 2.36. The van der Waals surface area contributed by atoms with Crippen LogP contribution in [-0.2, 0) is 11.8 Å². The smallest absolute Gasteiger partial charge is 0.229 e. The predicted molar refractivity (Wildman–Crippen MR) is 82.8 cm³/mol. The fourth-order valence-corrected chi connectivity index (χ4v) is 3.19. The number of aryl methyl sites for hydroxylation is 1. The molecule has 22 heavy (non-hydrogen) atoms. The number of imidazole rings is 1. The van der Waals surface area contributed by atoms with E-state index in [1.165, 1.54) is 0 Å². The van der Waals surface area contributed by atoms with Crippen molar-refractivity contribution < 1.29 is 14.3 Å². The van der Waals surface area contributed by atoms with E-state index in [1.54, 1.807) is 48.1 Å². The summed E-state index contributed by atoms with van der Waals surface area (Å²) in [5.74, 6) is -0.348. The van der Waals surface area contributed by atoms with Gasteiger partial charge in [0.25, 0.3) is 0 Å². The normalized spacial score (nSPS) is 14.3. The molecule has 2 aromatic rings. The fourth-order valence-electron chi connectivity index (χ4n) is 2.24. The van der Waals surface area contributed by atoms with Gasteiger partial charge in [0.05, 0.1) is 6.61 Å². The highest BCUT2D eigenvalue weighted by atomic mass is 32.2. The lowest BCUT2D eigenvalue weighted by molar-refractivity contribution is 0.0888. The maximum atomic E-state index is 12.7. The molecule has 0 amide bonds. The van der Waals surface area contributed by atoms with Gasteiger partial charge in [-0.15, -0.1) is 0 Å². The highest BCUT2D eigenvalue weighted by Gasteiger charge is 2.34. The van der Waals surface area contributed by atoms with Crippen LogP contribution in [0.3, 0.4) is 0 Å². The summed E-state index contributed by atoms with van der Waals surface area (Å²) >= 11 is 1.16. The van der Waals surface area contributed by atoms with Crippen LogP contribution in [0, 0.1) is 0 Å². The van der Waals surface area contributed by atoms with Crippen molar-refractivity contribution in [3.05, 3.63) is 58.5 Å². The molecule has 0 saturated carbocycles. The molecule has 0 bridgehead atoms. The first-order chi connectivity index (χ1) is 10.6. The van der Waals surface area contributed by atoms with Crippen LogP contribution in [-0.4, -0.2) is 27.7 Å². The van der Waals surface area contributed by atoms with Crippen LogP contribution >= 0.6 is 11.8 Å². The van der Waals surface area contributed by atoms with Gasteiger partial charge in [-0.2, -0.15) is 0 Å². The van der Waals surface area contributed by atoms with Gasteiger partial charge in [-0.3, -0.25) is 9.59 Å². The number of nitrogens with zero attached hydrogens (tertiary/aromatic N) is 2. The zero-order valence-electron chi connectivity index (χ0n) is 12.2. The number of carbonyl (C=O) groups excluding carboxylic acids is 2. The summed E-state index contributed by atoms with van der Waals surface area (Å²) in [4.78, 5) is 29.8. The number of hydrogen-bond donors (Lipinski definition) is 0. The lowest BCUT2D eigenvalue weighted by atomic mass is 9.93. The Morgan fingerprint density at radius 2 is 1.86 bits per heavy atom. The Bertz CT molecular complexity index is 792. The third-order valence-electron chi connectivity index (χ3n) is 3.29. The number of thioether (sulfide) groups is 1. The van der Waals surface area contributed by atoms with Crippen LogP contribution in [0.4, 0.5) is 0 Å². The highest BCUT2D eigenvalue weighted by molar-refractivity contribution is 8.04. The van der Waals surface area contributed by atoms with Gasteiger partial charge in [-0.1, -0.05) is 24.3 Å². The van der Waals surface area contributed by atoms with Crippen molar-refractivity contribution in [1.82, 2.24) is 9.55 Å². The Morgan fingerprint density at radius 3 is 2.45 bits per heavy atom. The Labute approximate surface area is 132 Å². The van der Waals surface area contributed by atoms with Crippen LogP contribution in [0.2, 0.25) is 0 Å². The first-order valence-corrected chi connectivity index (χ1v) is 7.65. The number of carbonyl (C=O) groups is 2. The van der Waals surface area contributed by atoms with Gasteiger partial charge in [-0.25, -0.2) is 4.98 Å². The number of ketones is 2. The third-order valence-corrected chi connectivity index (χ3v) is 4.44. The van der Waals surface area contributed by atoms with E-state index in [0.717, 1.165) is 11.8 Å². The topological polar surface area (TPSA) is 61.2 Å². The van der Waals surface area contributed by atoms with E-state index in [2.05, 4.69) is 4.98 Å². The molecule has 3 rings (SSSR count). The predicted octanol–water partition coefficient (Wildman–Crippen LogP) is 2.84. The lowest BCUT2D eigenvalue weighted by Crippen LogP contribution is -2.22. The molecule has 0 N–H and O–H groups in total. The maximum Gasteiger partial charge on any atom is 0.229 e.